The van der Waals surface area contributed by atoms with Crippen LogP contribution in [0.1, 0.15) is 0 Å². The molecule has 22 heavy (non-hydrogen) atoms. The van der Waals surface area contributed by atoms with Crippen LogP contribution >= 0.6 is 22.9 Å². The molecule has 0 radical (unpaired) electrons. The Morgan fingerprint density at radius 1 is 0.636 bits per heavy atom. The van der Waals surface area contributed by atoms with Gasteiger partial charge in [0.15, 0.2) is 0 Å². The van der Waals surface area contributed by atoms with Crippen molar-refractivity contribution in [3.63, 3.8) is 0 Å². The molecule has 0 bridgehead atoms. The predicted molar refractivity (Wildman–Crippen MR) is 99.4 cm³/mol. The SMILES string of the molecule is Clc1ccc2c(ccc3c2ccc2c4ccccc4sc23)c1. The lowest BCUT2D eigenvalue weighted by Gasteiger charge is -2.05. The van der Waals surface area contributed by atoms with Gasteiger partial charge in [0.05, 0.1) is 0 Å². The van der Waals surface area contributed by atoms with Gasteiger partial charge in [0, 0.05) is 30.6 Å². The molecule has 0 unspecified atom stereocenters. The smallest absolute Gasteiger partial charge is 0.0434 e. The Bertz CT molecular complexity index is 1180. The van der Waals surface area contributed by atoms with E-state index in [1.807, 2.05) is 23.5 Å². The predicted octanol–water partition coefficient (Wildman–Crippen LogP) is 7.01. The van der Waals surface area contributed by atoms with Crippen LogP contribution in [0.25, 0.3) is 41.7 Å². The largest absolute Gasteiger partial charge is 0.135 e. The first-order chi connectivity index (χ1) is 10.8. The molecule has 0 aliphatic carbocycles. The van der Waals surface area contributed by atoms with Crippen LogP contribution in [0.15, 0.2) is 66.7 Å². The van der Waals surface area contributed by atoms with E-state index < -0.39 is 0 Å². The van der Waals surface area contributed by atoms with Crippen LogP contribution in [-0.2, 0) is 0 Å². The van der Waals surface area contributed by atoms with E-state index in [-0.39, 0.29) is 0 Å². The summed E-state index contributed by atoms with van der Waals surface area (Å²) in [6, 6.07) is 23.7. The Kier molecular flexibility index (Phi) is 2.52. The van der Waals surface area contributed by atoms with Gasteiger partial charge in [0.2, 0.25) is 0 Å². The first-order valence-corrected chi connectivity index (χ1v) is 8.43. The molecule has 0 fully saturated rings. The van der Waals surface area contributed by atoms with Crippen LogP contribution in [0, 0.1) is 0 Å². The van der Waals surface area contributed by atoms with Crippen molar-refractivity contribution < 1.29 is 0 Å². The van der Waals surface area contributed by atoms with Crippen LogP contribution in [0.4, 0.5) is 0 Å². The first-order valence-electron chi connectivity index (χ1n) is 7.23. The highest BCUT2D eigenvalue weighted by molar-refractivity contribution is 7.26. The minimum Gasteiger partial charge on any atom is -0.135 e. The highest BCUT2D eigenvalue weighted by atomic mass is 35.5. The van der Waals surface area contributed by atoms with E-state index in [0.29, 0.717) is 0 Å². The number of fused-ring (bicyclic) bond motifs is 7. The second kappa shape index (κ2) is 4.45. The molecule has 0 aliphatic heterocycles. The van der Waals surface area contributed by atoms with Crippen molar-refractivity contribution in [1.82, 2.24) is 0 Å². The second-order valence-corrected chi connectivity index (χ2v) is 7.06. The molecule has 0 spiro atoms. The third-order valence-corrected chi connectivity index (χ3v) is 5.77. The zero-order chi connectivity index (χ0) is 14.7. The lowest BCUT2D eigenvalue weighted by molar-refractivity contribution is 1.80. The van der Waals surface area contributed by atoms with Crippen molar-refractivity contribution >= 4 is 64.7 Å². The van der Waals surface area contributed by atoms with Crippen molar-refractivity contribution in [1.29, 1.82) is 0 Å². The molecule has 0 atom stereocenters. The van der Waals surface area contributed by atoms with Crippen LogP contribution in [-0.4, -0.2) is 0 Å². The van der Waals surface area contributed by atoms with Gasteiger partial charge in [-0.3, -0.25) is 0 Å². The Labute approximate surface area is 136 Å². The number of hydrogen-bond donors (Lipinski definition) is 0. The molecular formula is C20H11ClS. The first kappa shape index (κ1) is 12.5. The third kappa shape index (κ3) is 1.64. The number of thiophene rings is 1. The molecule has 0 saturated heterocycles. The minimum absolute atomic E-state index is 0.787. The Morgan fingerprint density at radius 2 is 1.36 bits per heavy atom. The number of halogens is 1. The van der Waals surface area contributed by atoms with Gasteiger partial charge in [0.25, 0.3) is 0 Å². The van der Waals surface area contributed by atoms with E-state index in [0.717, 1.165) is 5.02 Å². The van der Waals surface area contributed by atoms with Gasteiger partial charge in [0.1, 0.15) is 0 Å². The maximum absolute atomic E-state index is 6.12. The quantitative estimate of drug-likeness (QED) is 0.269. The van der Waals surface area contributed by atoms with E-state index in [1.54, 1.807) is 0 Å². The van der Waals surface area contributed by atoms with Gasteiger partial charge in [-0.15, -0.1) is 11.3 Å². The van der Waals surface area contributed by atoms with Crippen molar-refractivity contribution in [3.05, 3.63) is 71.8 Å². The number of hydrogen-bond acceptors (Lipinski definition) is 1. The molecular weight excluding hydrogens is 308 g/mol. The summed E-state index contributed by atoms with van der Waals surface area (Å²) in [4.78, 5) is 0. The average Bonchev–Trinajstić information content (AvgIpc) is 2.93. The van der Waals surface area contributed by atoms with Crippen LogP contribution in [0.2, 0.25) is 5.02 Å². The zero-order valence-corrected chi connectivity index (χ0v) is 13.2. The summed E-state index contributed by atoms with van der Waals surface area (Å²) in [6.45, 7) is 0. The number of benzene rings is 4. The Hall–Kier alpha value is -2.09. The van der Waals surface area contributed by atoms with Gasteiger partial charge in [-0.05, 0) is 34.4 Å². The molecule has 0 N–H and O–H groups in total. The molecule has 5 rings (SSSR count). The molecule has 4 aromatic carbocycles. The van der Waals surface area contributed by atoms with E-state index >= 15 is 0 Å². The van der Waals surface area contributed by atoms with Crippen LogP contribution < -0.4 is 0 Å². The van der Waals surface area contributed by atoms with Gasteiger partial charge in [-0.2, -0.15) is 0 Å². The summed E-state index contributed by atoms with van der Waals surface area (Å²) in [6.07, 6.45) is 0. The van der Waals surface area contributed by atoms with Gasteiger partial charge in [-0.25, -0.2) is 0 Å². The molecule has 0 amide bonds. The monoisotopic (exact) mass is 318 g/mol. The van der Waals surface area contributed by atoms with Crippen LogP contribution in [0.3, 0.4) is 0 Å². The van der Waals surface area contributed by atoms with Crippen molar-refractivity contribution in [2.45, 2.75) is 0 Å². The molecule has 0 aliphatic rings. The standard InChI is InChI=1S/C20H11ClS/c21-13-6-8-14-12(11-13)5-7-17-15(14)9-10-18-16-3-1-2-4-19(16)22-20(17)18/h1-11H. The molecule has 5 aromatic rings. The maximum atomic E-state index is 6.12. The summed E-state index contributed by atoms with van der Waals surface area (Å²) < 4.78 is 2.72. The zero-order valence-electron chi connectivity index (χ0n) is 11.6. The topological polar surface area (TPSA) is 0 Å². The lowest BCUT2D eigenvalue weighted by atomic mass is 10.00. The minimum atomic E-state index is 0.787. The fourth-order valence-corrected chi connectivity index (χ4v) is 4.71. The summed E-state index contributed by atoms with van der Waals surface area (Å²) in [5.41, 5.74) is 0. The van der Waals surface area contributed by atoms with E-state index in [2.05, 4.69) is 54.6 Å². The Balaban J connectivity index is 2.02. The van der Waals surface area contributed by atoms with Crippen molar-refractivity contribution in [2.24, 2.45) is 0 Å². The second-order valence-electron chi connectivity index (χ2n) is 5.57. The molecule has 1 aromatic heterocycles. The van der Waals surface area contributed by atoms with Crippen molar-refractivity contribution in [3.8, 4) is 0 Å². The summed E-state index contributed by atoms with van der Waals surface area (Å²) in [5.74, 6) is 0. The van der Waals surface area contributed by atoms with E-state index in [4.69, 9.17) is 11.6 Å². The summed E-state index contributed by atoms with van der Waals surface area (Å²) in [7, 11) is 0. The molecule has 1 heterocycles. The maximum Gasteiger partial charge on any atom is 0.0434 e. The third-order valence-electron chi connectivity index (χ3n) is 4.32. The summed E-state index contributed by atoms with van der Waals surface area (Å²) >= 11 is 8.00. The molecule has 0 nitrogen and oxygen atoms in total. The molecule has 104 valence electrons. The van der Waals surface area contributed by atoms with Crippen molar-refractivity contribution in [2.75, 3.05) is 0 Å². The van der Waals surface area contributed by atoms with E-state index in [9.17, 15) is 0 Å². The molecule has 0 saturated carbocycles. The van der Waals surface area contributed by atoms with Gasteiger partial charge >= 0.3 is 0 Å². The summed E-state index contributed by atoms with van der Waals surface area (Å²) in [5, 5.41) is 8.57. The average molecular weight is 319 g/mol. The number of rotatable bonds is 0. The van der Waals surface area contributed by atoms with Crippen LogP contribution in [0.5, 0.6) is 0 Å². The fourth-order valence-electron chi connectivity index (χ4n) is 3.30. The van der Waals surface area contributed by atoms with E-state index in [1.165, 1.54) is 41.7 Å². The normalized spacial score (nSPS) is 11.9. The highest BCUT2D eigenvalue weighted by Gasteiger charge is 2.09. The Morgan fingerprint density at radius 3 is 2.32 bits per heavy atom. The highest BCUT2D eigenvalue weighted by Crippen LogP contribution is 2.40. The molecule has 2 heteroatoms. The lowest BCUT2D eigenvalue weighted by Crippen LogP contribution is -1.78. The van der Waals surface area contributed by atoms with Gasteiger partial charge in [-0.1, -0.05) is 60.1 Å². The van der Waals surface area contributed by atoms with Gasteiger partial charge < -0.3 is 0 Å². The fraction of sp³-hybridized carbons (Fsp3) is 0.